The van der Waals surface area contributed by atoms with Crippen molar-refractivity contribution >= 4 is 17.5 Å². The van der Waals surface area contributed by atoms with E-state index >= 15 is 4.39 Å². The number of carbonyl (C=O) groups excluding carboxylic acids is 3. The lowest BCUT2D eigenvalue weighted by atomic mass is 9.44. The van der Waals surface area contributed by atoms with E-state index in [1.807, 2.05) is 13.8 Å². The minimum Gasteiger partial charge on any atom is -0.458 e. The maximum absolute atomic E-state index is 16.9. The normalized spacial score (nSPS) is 44.3. The van der Waals surface area contributed by atoms with Crippen LogP contribution in [0.4, 0.5) is 4.39 Å². The molecule has 0 aliphatic heterocycles. The molecular formula is C25H35FO6. The van der Waals surface area contributed by atoms with Crippen molar-refractivity contribution in [2.75, 3.05) is 6.61 Å². The van der Waals surface area contributed by atoms with Crippen molar-refractivity contribution in [2.45, 2.75) is 84.1 Å². The third kappa shape index (κ3) is 3.15. The Morgan fingerprint density at radius 2 is 1.88 bits per heavy atom. The molecular weight excluding hydrogens is 415 g/mol. The molecule has 3 fully saturated rings. The summed E-state index contributed by atoms with van der Waals surface area (Å²) in [5.74, 6) is -2.28. The molecule has 4 rings (SSSR count). The second-order valence-electron chi connectivity index (χ2n) is 9.87. The van der Waals surface area contributed by atoms with Gasteiger partial charge in [0.15, 0.2) is 18.1 Å². The molecule has 4 aliphatic rings. The monoisotopic (exact) mass is 450 g/mol. The van der Waals surface area contributed by atoms with Crippen LogP contribution in [0.15, 0.2) is 23.8 Å². The van der Waals surface area contributed by atoms with Crippen molar-refractivity contribution in [1.82, 2.24) is 0 Å². The van der Waals surface area contributed by atoms with E-state index in [1.54, 1.807) is 19.9 Å². The molecule has 0 aromatic heterocycles. The minimum atomic E-state index is -2.00. The number of allylic oxidation sites excluding steroid dienone is 4. The van der Waals surface area contributed by atoms with Crippen LogP contribution in [-0.4, -0.2) is 51.7 Å². The number of hydrogen-bond acceptors (Lipinski definition) is 6. The molecule has 4 aliphatic carbocycles. The van der Waals surface area contributed by atoms with Gasteiger partial charge in [0, 0.05) is 23.7 Å². The number of Topliss-reactive ketones (excluding diaryl/α,β-unsaturated/α-hetero) is 1. The highest BCUT2D eigenvalue weighted by molar-refractivity contribution is 6.01. The first kappa shape index (κ1) is 24.8. The van der Waals surface area contributed by atoms with E-state index in [-0.39, 0.29) is 24.5 Å². The SMILES string of the molecule is CC.CC(=O)OCC(=O)[C@@]1(O)CCC2C3CCC4=CC(=O)C=CC4(C)[C@@]3(F)C(O)CC21C. The molecule has 0 aromatic carbocycles. The molecule has 7 atom stereocenters. The van der Waals surface area contributed by atoms with Crippen molar-refractivity contribution in [1.29, 1.82) is 0 Å². The van der Waals surface area contributed by atoms with E-state index in [9.17, 15) is 24.6 Å². The number of rotatable bonds is 3. The number of alkyl halides is 1. The van der Waals surface area contributed by atoms with Crippen molar-refractivity contribution < 1.29 is 33.7 Å². The zero-order chi connectivity index (χ0) is 24.1. The van der Waals surface area contributed by atoms with Gasteiger partial charge in [-0.15, -0.1) is 0 Å². The fourth-order valence-electron chi connectivity index (χ4n) is 6.96. The van der Waals surface area contributed by atoms with Gasteiger partial charge in [-0.2, -0.15) is 0 Å². The van der Waals surface area contributed by atoms with Gasteiger partial charge in [-0.05, 0) is 57.1 Å². The Morgan fingerprint density at radius 1 is 1.22 bits per heavy atom. The van der Waals surface area contributed by atoms with E-state index in [1.165, 1.54) is 19.1 Å². The van der Waals surface area contributed by atoms with Gasteiger partial charge in [-0.25, -0.2) is 4.39 Å². The molecule has 3 saturated carbocycles. The Labute approximate surface area is 188 Å². The first-order valence-corrected chi connectivity index (χ1v) is 11.6. The zero-order valence-electron chi connectivity index (χ0n) is 19.6. The molecule has 32 heavy (non-hydrogen) atoms. The van der Waals surface area contributed by atoms with Crippen LogP contribution in [0, 0.1) is 22.7 Å². The van der Waals surface area contributed by atoms with Crippen LogP contribution in [0.25, 0.3) is 0 Å². The summed E-state index contributed by atoms with van der Waals surface area (Å²) >= 11 is 0. The molecule has 0 bridgehead atoms. The predicted octanol–water partition coefficient (Wildman–Crippen LogP) is 3.25. The highest BCUT2D eigenvalue weighted by atomic mass is 19.1. The summed E-state index contributed by atoms with van der Waals surface area (Å²) in [7, 11) is 0. The van der Waals surface area contributed by atoms with Gasteiger partial charge >= 0.3 is 5.97 Å². The minimum absolute atomic E-state index is 0.0857. The molecule has 5 unspecified atom stereocenters. The summed E-state index contributed by atoms with van der Waals surface area (Å²) < 4.78 is 21.7. The Morgan fingerprint density at radius 3 is 2.50 bits per heavy atom. The molecule has 0 amide bonds. The summed E-state index contributed by atoms with van der Waals surface area (Å²) in [5.41, 5.74) is -5.23. The third-order valence-electron chi connectivity index (χ3n) is 8.66. The molecule has 178 valence electrons. The highest BCUT2D eigenvalue weighted by Crippen LogP contribution is 2.69. The van der Waals surface area contributed by atoms with Gasteiger partial charge in [0.05, 0.1) is 6.10 Å². The van der Waals surface area contributed by atoms with Gasteiger partial charge in [-0.1, -0.05) is 32.4 Å². The van der Waals surface area contributed by atoms with E-state index in [4.69, 9.17) is 4.74 Å². The Bertz CT molecular complexity index is 880. The van der Waals surface area contributed by atoms with E-state index in [0.29, 0.717) is 24.8 Å². The van der Waals surface area contributed by atoms with Gasteiger partial charge in [-0.3, -0.25) is 14.4 Å². The van der Waals surface area contributed by atoms with Crippen LogP contribution in [0.5, 0.6) is 0 Å². The third-order valence-corrected chi connectivity index (χ3v) is 8.66. The highest BCUT2D eigenvalue weighted by Gasteiger charge is 2.74. The molecule has 0 heterocycles. The molecule has 0 radical (unpaired) electrons. The number of ketones is 2. The number of aliphatic hydroxyl groups is 2. The fourth-order valence-corrected chi connectivity index (χ4v) is 6.96. The van der Waals surface area contributed by atoms with E-state index < -0.39 is 52.5 Å². The Balaban J connectivity index is 0.00000141. The number of ether oxygens (including phenoxy) is 1. The Hall–Kier alpha value is -1.86. The second-order valence-corrected chi connectivity index (χ2v) is 9.87. The van der Waals surface area contributed by atoms with Crippen LogP contribution < -0.4 is 0 Å². The van der Waals surface area contributed by atoms with Gasteiger partial charge < -0.3 is 14.9 Å². The topological polar surface area (TPSA) is 101 Å². The Kier molecular flexibility index (Phi) is 6.33. The number of esters is 1. The zero-order valence-corrected chi connectivity index (χ0v) is 19.6. The van der Waals surface area contributed by atoms with Gasteiger partial charge in [0.25, 0.3) is 0 Å². The quantitative estimate of drug-likeness (QED) is 0.640. The van der Waals surface area contributed by atoms with Crippen molar-refractivity contribution in [3.05, 3.63) is 23.8 Å². The lowest BCUT2D eigenvalue weighted by Crippen LogP contribution is -2.69. The average Bonchev–Trinajstić information content (AvgIpc) is 3.01. The van der Waals surface area contributed by atoms with E-state index in [2.05, 4.69) is 0 Å². The fraction of sp³-hybridized carbons (Fsp3) is 0.720. The van der Waals surface area contributed by atoms with Crippen molar-refractivity contribution in [2.24, 2.45) is 22.7 Å². The lowest BCUT2D eigenvalue weighted by molar-refractivity contribution is -0.217. The smallest absolute Gasteiger partial charge is 0.303 e. The number of carbonyl (C=O) groups is 3. The maximum Gasteiger partial charge on any atom is 0.303 e. The summed E-state index contributed by atoms with van der Waals surface area (Å²) in [6, 6.07) is 0. The predicted molar refractivity (Wildman–Crippen MR) is 116 cm³/mol. The first-order valence-electron chi connectivity index (χ1n) is 11.6. The molecule has 7 heteroatoms. The second kappa shape index (κ2) is 8.17. The van der Waals surface area contributed by atoms with Crippen LogP contribution in [0.1, 0.15) is 66.7 Å². The molecule has 0 spiro atoms. The van der Waals surface area contributed by atoms with Gasteiger partial charge in [0.1, 0.15) is 5.60 Å². The molecule has 2 N–H and O–H groups in total. The van der Waals surface area contributed by atoms with Crippen LogP contribution in [0.2, 0.25) is 0 Å². The van der Waals surface area contributed by atoms with Crippen molar-refractivity contribution in [3.8, 4) is 0 Å². The number of fused-ring (bicyclic) bond motifs is 5. The van der Waals surface area contributed by atoms with Crippen LogP contribution in [0.3, 0.4) is 0 Å². The maximum atomic E-state index is 16.9. The lowest BCUT2D eigenvalue weighted by Gasteiger charge is -2.62. The van der Waals surface area contributed by atoms with Crippen LogP contribution >= 0.6 is 0 Å². The molecule has 0 saturated heterocycles. The molecule has 0 aromatic rings. The summed E-state index contributed by atoms with van der Waals surface area (Å²) in [5, 5.41) is 22.6. The summed E-state index contributed by atoms with van der Waals surface area (Å²) in [6.07, 6.45) is 4.47. The van der Waals surface area contributed by atoms with Crippen molar-refractivity contribution in [3.63, 3.8) is 0 Å². The summed E-state index contributed by atoms with van der Waals surface area (Å²) in [4.78, 5) is 35.8. The van der Waals surface area contributed by atoms with Gasteiger partial charge in [0.2, 0.25) is 5.78 Å². The summed E-state index contributed by atoms with van der Waals surface area (Å²) in [6.45, 7) is 8.12. The first-order chi connectivity index (χ1) is 14.9. The van der Waals surface area contributed by atoms with E-state index in [0.717, 1.165) is 0 Å². The molecule has 6 nitrogen and oxygen atoms in total. The number of hydrogen-bond donors (Lipinski definition) is 2. The average molecular weight is 451 g/mol. The standard InChI is InChI=1S/C23H29FO6.C2H6/c1-13(25)30-12-19(28)22(29)9-7-16-17-5-4-14-10-15(26)6-8-20(14,2)23(17,24)18(27)11-21(16,22)3;1-2/h6,8,10,16-18,27,29H,4-5,7,9,11-12H2,1-3H3;1-2H3/t16?,17?,18?,20?,21?,22-,23-;/m0./s1. The number of halogens is 1. The van der Waals surface area contributed by atoms with Crippen LogP contribution in [-0.2, 0) is 19.1 Å². The largest absolute Gasteiger partial charge is 0.458 e. The number of aliphatic hydroxyl groups excluding tert-OH is 1.